The highest BCUT2D eigenvalue weighted by Gasteiger charge is 2.32. The van der Waals surface area contributed by atoms with Crippen LogP contribution in [0.1, 0.15) is 12.8 Å². The standard InChI is InChI=1S/C23H28N6O2S/c1-31-20-8-6-19(7-9-20)26-13-15-27(16-14-26)21(30)18-5-4-12-29(17-18)23-25-24-22(32-23)28-10-2-3-11-28/h2-3,6-11,18H,4-5,12-17H2,1H3/t18-/m1/s1. The summed E-state index contributed by atoms with van der Waals surface area (Å²) in [6.07, 6.45) is 5.88. The van der Waals surface area contributed by atoms with Gasteiger partial charge in [-0.15, -0.1) is 10.2 Å². The van der Waals surface area contributed by atoms with Crippen molar-refractivity contribution < 1.29 is 9.53 Å². The zero-order chi connectivity index (χ0) is 21.9. The average Bonchev–Trinajstić information content (AvgIpc) is 3.56. The molecule has 0 saturated carbocycles. The lowest BCUT2D eigenvalue weighted by atomic mass is 9.96. The minimum atomic E-state index is 0.0233. The number of carbonyl (C=O) groups is 1. The number of nitrogens with zero attached hydrogens (tertiary/aromatic N) is 6. The van der Waals surface area contributed by atoms with Gasteiger partial charge in [0.05, 0.1) is 13.0 Å². The number of rotatable bonds is 5. The molecule has 9 heteroatoms. The summed E-state index contributed by atoms with van der Waals surface area (Å²) in [5.74, 6) is 1.16. The molecule has 4 heterocycles. The number of hydrogen-bond donors (Lipinski definition) is 0. The SMILES string of the molecule is COc1ccc(N2CCN(C(=O)[C@@H]3CCCN(c4nnc(-n5cccc5)s4)C3)CC2)cc1. The van der Waals surface area contributed by atoms with Crippen molar-refractivity contribution in [2.75, 3.05) is 56.2 Å². The highest BCUT2D eigenvalue weighted by Crippen LogP contribution is 2.29. The number of carbonyl (C=O) groups excluding carboxylic acids is 1. The first-order valence-electron chi connectivity index (χ1n) is 11.1. The van der Waals surface area contributed by atoms with Gasteiger partial charge in [-0.05, 0) is 49.2 Å². The fraction of sp³-hybridized carbons (Fsp3) is 0.435. The molecule has 3 aromatic rings. The summed E-state index contributed by atoms with van der Waals surface area (Å²) in [6.45, 7) is 4.87. The smallest absolute Gasteiger partial charge is 0.227 e. The molecule has 32 heavy (non-hydrogen) atoms. The number of aromatic nitrogens is 3. The lowest BCUT2D eigenvalue weighted by Gasteiger charge is -2.39. The van der Waals surface area contributed by atoms with E-state index in [2.05, 4.69) is 32.1 Å². The summed E-state index contributed by atoms with van der Waals surface area (Å²) in [5, 5.41) is 10.5. The van der Waals surface area contributed by atoms with E-state index in [1.54, 1.807) is 18.4 Å². The number of piperazine rings is 1. The van der Waals surface area contributed by atoms with Gasteiger partial charge >= 0.3 is 0 Å². The van der Waals surface area contributed by atoms with E-state index >= 15 is 0 Å². The second kappa shape index (κ2) is 9.20. The van der Waals surface area contributed by atoms with Gasteiger partial charge in [-0.25, -0.2) is 0 Å². The second-order valence-electron chi connectivity index (χ2n) is 8.25. The van der Waals surface area contributed by atoms with E-state index in [0.717, 1.165) is 68.1 Å². The topological polar surface area (TPSA) is 66.7 Å². The molecule has 168 valence electrons. The third kappa shape index (κ3) is 4.29. The van der Waals surface area contributed by atoms with Crippen molar-refractivity contribution in [2.24, 2.45) is 5.92 Å². The van der Waals surface area contributed by atoms with Crippen molar-refractivity contribution in [2.45, 2.75) is 12.8 Å². The van der Waals surface area contributed by atoms with Gasteiger partial charge in [0.2, 0.25) is 16.2 Å². The highest BCUT2D eigenvalue weighted by molar-refractivity contribution is 7.17. The third-order valence-electron chi connectivity index (χ3n) is 6.30. The van der Waals surface area contributed by atoms with E-state index in [-0.39, 0.29) is 11.8 Å². The Kier molecular flexibility index (Phi) is 5.98. The van der Waals surface area contributed by atoms with E-state index in [1.165, 1.54) is 5.69 Å². The maximum atomic E-state index is 13.3. The Hall–Kier alpha value is -3.07. The van der Waals surface area contributed by atoms with Crippen LogP contribution in [0.15, 0.2) is 48.8 Å². The van der Waals surface area contributed by atoms with Crippen LogP contribution >= 0.6 is 11.3 Å². The van der Waals surface area contributed by atoms with Gasteiger partial charge in [0.15, 0.2) is 0 Å². The van der Waals surface area contributed by atoms with E-state index in [1.807, 2.05) is 46.1 Å². The van der Waals surface area contributed by atoms with E-state index in [9.17, 15) is 4.79 Å². The van der Waals surface area contributed by atoms with Crippen LogP contribution in [-0.4, -0.2) is 71.9 Å². The molecule has 1 atom stereocenters. The van der Waals surface area contributed by atoms with Crippen LogP contribution in [0.25, 0.3) is 5.13 Å². The van der Waals surface area contributed by atoms with Crippen molar-refractivity contribution >= 4 is 28.1 Å². The number of benzene rings is 1. The summed E-state index contributed by atoms with van der Waals surface area (Å²) in [4.78, 5) is 19.9. The zero-order valence-electron chi connectivity index (χ0n) is 18.3. The number of ether oxygens (including phenoxy) is 1. The van der Waals surface area contributed by atoms with Crippen molar-refractivity contribution in [3.63, 3.8) is 0 Å². The fourth-order valence-electron chi connectivity index (χ4n) is 4.49. The summed E-state index contributed by atoms with van der Waals surface area (Å²) in [7, 11) is 1.68. The number of hydrogen-bond acceptors (Lipinski definition) is 7. The van der Waals surface area contributed by atoms with Gasteiger partial charge < -0.3 is 19.4 Å². The van der Waals surface area contributed by atoms with Gasteiger partial charge in [-0.3, -0.25) is 9.36 Å². The number of methoxy groups -OCH3 is 1. The zero-order valence-corrected chi connectivity index (χ0v) is 19.1. The molecule has 2 aliphatic heterocycles. The van der Waals surface area contributed by atoms with Crippen molar-refractivity contribution in [1.82, 2.24) is 19.7 Å². The molecule has 2 saturated heterocycles. The predicted octanol–water partition coefficient (Wildman–Crippen LogP) is 2.90. The molecule has 0 unspecified atom stereocenters. The molecule has 0 bridgehead atoms. The highest BCUT2D eigenvalue weighted by atomic mass is 32.1. The Labute approximate surface area is 192 Å². The van der Waals surface area contributed by atoms with Gasteiger partial charge in [-0.1, -0.05) is 11.3 Å². The molecule has 0 aliphatic carbocycles. The lowest BCUT2D eigenvalue weighted by molar-refractivity contribution is -0.136. The van der Waals surface area contributed by atoms with Gasteiger partial charge in [0.25, 0.3) is 0 Å². The molecule has 2 aliphatic rings. The maximum Gasteiger partial charge on any atom is 0.227 e. The Morgan fingerprint density at radius 3 is 2.41 bits per heavy atom. The number of piperidine rings is 1. The minimum Gasteiger partial charge on any atom is -0.497 e. The largest absolute Gasteiger partial charge is 0.497 e. The summed E-state index contributed by atoms with van der Waals surface area (Å²) >= 11 is 1.57. The molecule has 0 N–H and O–H groups in total. The molecule has 5 rings (SSSR count). The monoisotopic (exact) mass is 452 g/mol. The van der Waals surface area contributed by atoms with Gasteiger partial charge in [0, 0.05) is 57.3 Å². The van der Waals surface area contributed by atoms with Crippen LogP contribution < -0.4 is 14.5 Å². The van der Waals surface area contributed by atoms with Crippen LogP contribution in [0.4, 0.5) is 10.8 Å². The number of anilines is 2. The fourth-order valence-corrected chi connectivity index (χ4v) is 5.34. The van der Waals surface area contributed by atoms with E-state index < -0.39 is 0 Å². The Morgan fingerprint density at radius 2 is 1.69 bits per heavy atom. The molecule has 8 nitrogen and oxygen atoms in total. The molecule has 1 amide bonds. The van der Waals surface area contributed by atoms with Crippen LogP contribution in [-0.2, 0) is 4.79 Å². The van der Waals surface area contributed by atoms with E-state index in [4.69, 9.17) is 4.74 Å². The van der Waals surface area contributed by atoms with Crippen molar-refractivity contribution in [3.05, 3.63) is 48.8 Å². The summed E-state index contributed by atoms with van der Waals surface area (Å²) in [5.41, 5.74) is 1.18. The van der Waals surface area contributed by atoms with E-state index in [0.29, 0.717) is 0 Å². The van der Waals surface area contributed by atoms with Gasteiger partial charge in [-0.2, -0.15) is 0 Å². The normalized spacial score (nSPS) is 19.3. The summed E-state index contributed by atoms with van der Waals surface area (Å²) in [6, 6.07) is 12.1. The lowest BCUT2D eigenvalue weighted by Crippen LogP contribution is -2.52. The molecule has 0 spiro atoms. The first-order valence-corrected chi connectivity index (χ1v) is 11.9. The van der Waals surface area contributed by atoms with Crippen LogP contribution in [0.2, 0.25) is 0 Å². The molecular weight excluding hydrogens is 424 g/mol. The minimum absolute atomic E-state index is 0.0233. The van der Waals surface area contributed by atoms with Crippen LogP contribution in [0.3, 0.4) is 0 Å². The number of amides is 1. The molecule has 2 aromatic heterocycles. The van der Waals surface area contributed by atoms with Crippen LogP contribution in [0.5, 0.6) is 5.75 Å². The maximum absolute atomic E-state index is 13.3. The average molecular weight is 453 g/mol. The Bertz CT molecular complexity index is 1030. The second-order valence-corrected chi connectivity index (χ2v) is 9.19. The Morgan fingerprint density at radius 1 is 0.969 bits per heavy atom. The van der Waals surface area contributed by atoms with Crippen LogP contribution in [0, 0.1) is 5.92 Å². The van der Waals surface area contributed by atoms with Gasteiger partial charge in [0.1, 0.15) is 5.75 Å². The molecule has 2 fully saturated rings. The third-order valence-corrected chi connectivity index (χ3v) is 7.30. The summed E-state index contributed by atoms with van der Waals surface area (Å²) < 4.78 is 7.22. The van der Waals surface area contributed by atoms with Crippen molar-refractivity contribution in [1.29, 1.82) is 0 Å². The first-order chi connectivity index (χ1) is 15.7. The predicted molar refractivity (Wildman–Crippen MR) is 126 cm³/mol. The quantitative estimate of drug-likeness (QED) is 0.593. The molecule has 0 radical (unpaired) electrons. The molecular formula is C23H28N6O2S. The first kappa shape index (κ1) is 20.8. The van der Waals surface area contributed by atoms with Crippen molar-refractivity contribution in [3.8, 4) is 10.9 Å². The molecule has 1 aromatic carbocycles. The Balaban J connectivity index is 1.18.